The van der Waals surface area contributed by atoms with Crippen molar-refractivity contribution in [2.24, 2.45) is 0 Å². The van der Waals surface area contributed by atoms with E-state index < -0.39 is 0 Å². The lowest BCUT2D eigenvalue weighted by Crippen LogP contribution is -2.43. The average Bonchev–Trinajstić information content (AvgIpc) is 2.45. The number of aryl methyl sites for hydroxylation is 1. The normalized spacial score (nSPS) is 19.5. The third-order valence-electron chi connectivity index (χ3n) is 3.94. The Kier molecular flexibility index (Phi) is 4.94. The summed E-state index contributed by atoms with van der Waals surface area (Å²) >= 11 is 0. The van der Waals surface area contributed by atoms with E-state index in [-0.39, 0.29) is 11.7 Å². The zero-order valence-electron chi connectivity index (χ0n) is 11.6. The highest BCUT2D eigenvalue weighted by molar-refractivity contribution is 5.76. The lowest BCUT2D eigenvalue weighted by atomic mass is 9.99. The van der Waals surface area contributed by atoms with Crippen LogP contribution in [0.15, 0.2) is 24.3 Å². The van der Waals surface area contributed by atoms with Crippen LogP contribution in [0.3, 0.4) is 0 Å². The second-order valence-corrected chi connectivity index (χ2v) is 5.27. The van der Waals surface area contributed by atoms with Gasteiger partial charge in [-0.05, 0) is 49.8 Å². The molecule has 0 aromatic heterocycles. The largest absolute Gasteiger partial charge is 0.340 e. The number of hydrogen-bond donors (Lipinski definition) is 0. The predicted molar refractivity (Wildman–Crippen MR) is 74.4 cm³/mol. The van der Waals surface area contributed by atoms with Crippen molar-refractivity contribution in [1.82, 2.24) is 4.90 Å². The SMILES string of the molecule is CCC1CCCCN1C(=O)CCc1cccc(F)c1. The summed E-state index contributed by atoms with van der Waals surface area (Å²) in [7, 11) is 0. The van der Waals surface area contributed by atoms with Crippen LogP contribution in [0.1, 0.15) is 44.6 Å². The van der Waals surface area contributed by atoms with E-state index in [1.807, 2.05) is 11.0 Å². The molecular weight excluding hydrogens is 241 g/mol. The van der Waals surface area contributed by atoms with E-state index in [1.54, 1.807) is 6.07 Å². The molecule has 1 saturated heterocycles. The number of amides is 1. The van der Waals surface area contributed by atoms with Gasteiger partial charge >= 0.3 is 0 Å². The summed E-state index contributed by atoms with van der Waals surface area (Å²) in [4.78, 5) is 14.3. The summed E-state index contributed by atoms with van der Waals surface area (Å²) in [6, 6.07) is 6.94. The van der Waals surface area contributed by atoms with E-state index in [9.17, 15) is 9.18 Å². The van der Waals surface area contributed by atoms with Crippen molar-refractivity contribution in [3.63, 3.8) is 0 Å². The second kappa shape index (κ2) is 6.69. The van der Waals surface area contributed by atoms with E-state index in [4.69, 9.17) is 0 Å². The summed E-state index contributed by atoms with van der Waals surface area (Å²) < 4.78 is 13.1. The van der Waals surface area contributed by atoms with Gasteiger partial charge in [0.25, 0.3) is 0 Å². The van der Waals surface area contributed by atoms with Gasteiger partial charge in [-0.1, -0.05) is 19.1 Å². The molecule has 1 aromatic rings. The number of piperidine rings is 1. The molecule has 19 heavy (non-hydrogen) atoms. The number of benzene rings is 1. The Morgan fingerprint density at radius 3 is 3.00 bits per heavy atom. The summed E-state index contributed by atoms with van der Waals surface area (Å²) in [5, 5.41) is 0. The highest BCUT2D eigenvalue weighted by Crippen LogP contribution is 2.20. The molecule has 0 saturated carbocycles. The summed E-state index contributed by atoms with van der Waals surface area (Å²) in [5.41, 5.74) is 0.901. The molecule has 3 heteroatoms. The molecule has 2 nitrogen and oxygen atoms in total. The predicted octanol–water partition coefficient (Wildman–Crippen LogP) is 3.55. The van der Waals surface area contributed by atoms with Gasteiger partial charge in [0.1, 0.15) is 5.82 Å². The molecule has 0 radical (unpaired) electrons. The lowest BCUT2D eigenvalue weighted by molar-refractivity contribution is -0.134. The Morgan fingerprint density at radius 2 is 2.26 bits per heavy atom. The van der Waals surface area contributed by atoms with Crippen molar-refractivity contribution >= 4 is 5.91 Å². The first-order valence-electron chi connectivity index (χ1n) is 7.24. The molecule has 1 unspecified atom stereocenters. The van der Waals surface area contributed by atoms with E-state index in [0.29, 0.717) is 18.9 Å². The van der Waals surface area contributed by atoms with Gasteiger partial charge < -0.3 is 4.90 Å². The number of likely N-dealkylation sites (tertiary alicyclic amines) is 1. The van der Waals surface area contributed by atoms with Gasteiger partial charge in [-0.2, -0.15) is 0 Å². The van der Waals surface area contributed by atoms with Gasteiger partial charge in [-0.25, -0.2) is 4.39 Å². The first-order chi connectivity index (χ1) is 9.20. The molecule has 1 atom stereocenters. The van der Waals surface area contributed by atoms with Crippen molar-refractivity contribution in [2.45, 2.75) is 51.5 Å². The minimum atomic E-state index is -0.227. The third-order valence-corrected chi connectivity index (χ3v) is 3.94. The summed E-state index contributed by atoms with van der Waals surface area (Å²) in [6.45, 7) is 3.03. The Bertz CT molecular complexity index is 433. The summed E-state index contributed by atoms with van der Waals surface area (Å²) in [5.74, 6) is -0.00910. The highest BCUT2D eigenvalue weighted by atomic mass is 19.1. The smallest absolute Gasteiger partial charge is 0.223 e. The maximum absolute atomic E-state index is 13.1. The van der Waals surface area contributed by atoms with Gasteiger partial charge in [-0.15, -0.1) is 0 Å². The maximum atomic E-state index is 13.1. The molecule has 1 amide bonds. The van der Waals surface area contributed by atoms with Crippen LogP contribution in [0.2, 0.25) is 0 Å². The Morgan fingerprint density at radius 1 is 1.42 bits per heavy atom. The number of carbonyl (C=O) groups excluding carboxylic acids is 1. The van der Waals surface area contributed by atoms with Gasteiger partial charge in [0.05, 0.1) is 0 Å². The molecule has 1 aliphatic heterocycles. The minimum Gasteiger partial charge on any atom is -0.340 e. The molecular formula is C16H22FNO. The fourth-order valence-corrected chi connectivity index (χ4v) is 2.84. The van der Waals surface area contributed by atoms with Crippen molar-refractivity contribution in [3.8, 4) is 0 Å². The molecule has 0 spiro atoms. The zero-order valence-corrected chi connectivity index (χ0v) is 11.6. The van der Waals surface area contributed by atoms with Crippen LogP contribution in [0, 0.1) is 5.82 Å². The molecule has 2 rings (SSSR count). The quantitative estimate of drug-likeness (QED) is 0.813. The Hall–Kier alpha value is -1.38. The first kappa shape index (κ1) is 14.0. The second-order valence-electron chi connectivity index (χ2n) is 5.27. The molecule has 104 valence electrons. The molecule has 1 fully saturated rings. The van der Waals surface area contributed by atoms with E-state index in [0.717, 1.165) is 31.4 Å². The van der Waals surface area contributed by atoms with Crippen molar-refractivity contribution in [1.29, 1.82) is 0 Å². The van der Waals surface area contributed by atoms with Gasteiger partial charge in [0.15, 0.2) is 0 Å². The van der Waals surface area contributed by atoms with Crippen LogP contribution in [0.25, 0.3) is 0 Å². The van der Waals surface area contributed by atoms with E-state index in [2.05, 4.69) is 6.92 Å². The number of nitrogens with zero attached hydrogens (tertiary/aromatic N) is 1. The van der Waals surface area contributed by atoms with Crippen LogP contribution in [0.4, 0.5) is 4.39 Å². The molecule has 0 aliphatic carbocycles. The molecule has 1 aliphatic rings. The van der Waals surface area contributed by atoms with Gasteiger partial charge in [0.2, 0.25) is 5.91 Å². The first-order valence-corrected chi connectivity index (χ1v) is 7.24. The van der Waals surface area contributed by atoms with Gasteiger partial charge in [0, 0.05) is 19.0 Å². The van der Waals surface area contributed by atoms with Crippen LogP contribution < -0.4 is 0 Å². The fraction of sp³-hybridized carbons (Fsp3) is 0.562. The third kappa shape index (κ3) is 3.79. The zero-order chi connectivity index (χ0) is 13.7. The van der Waals surface area contributed by atoms with Crippen molar-refractivity contribution in [3.05, 3.63) is 35.6 Å². The number of halogens is 1. The molecule has 0 N–H and O–H groups in total. The molecule has 0 bridgehead atoms. The summed E-state index contributed by atoms with van der Waals surface area (Å²) in [6.07, 6.45) is 5.62. The van der Waals surface area contributed by atoms with Crippen molar-refractivity contribution in [2.75, 3.05) is 6.54 Å². The van der Waals surface area contributed by atoms with Crippen LogP contribution in [-0.4, -0.2) is 23.4 Å². The Balaban J connectivity index is 1.89. The standard InChI is InChI=1S/C16H22FNO/c1-2-15-8-3-4-11-18(15)16(19)10-9-13-6-5-7-14(17)12-13/h5-7,12,15H,2-4,8-11H2,1H3. The highest BCUT2D eigenvalue weighted by Gasteiger charge is 2.24. The number of hydrogen-bond acceptors (Lipinski definition) is 1. The fourth-order valence-electron chi connectivity index (χ4n) is 2.84. The maximum Gasteiger partial charge on any atom is 0.223 e. The molecule has 1 heterocycles. The van der Waals surface area contributed by atoms with E-state index >= 15 is 0 Å². The van der Waals surface area contributed by atoms with E-state index in [1.165, 1.54) is 18.6 Å². The molecule has 1 aromatic carbocycles. The number of rotatable bonds is 4. The minimum absolute atomic E-state index is 0.218. The topological polar surface area (TPSA) is 20.3 Å². The average molecular weight is 263 g/mol. The van der Waals surface area contributed by atoms with Gasteiger partial charge in [-0.3, -0.25) is 4.79 Å². The lowest BCUT2D eigenvalue weighted by Gasteiger charge is -2.35. The number of carbonyl (C=O) groups is 1. The van der Waals surface area contributed by atoms with Crippen LogP contribution >= 0.6 is 0 Å². The van der Waals surface area contributed by atoms with Crippen molar-refractivity contribution < 1.29 is 9.18 Å². The Labute approximate surface area is 114 Å². The van der Waals surface area contributed by atoms with Crippen LogP contribution in [0.5, 0.6) is 0 Å². The monoisotopic (exact) mass is 263 g/mol. The van der Waals surface area contributed by atoms with Crippen LogP contribution in [-0.2, 0) is 11.2 Å².